The van der Waals surface area contributed by atoms with Gasteiger partial charge in [-0.2, -0.15) is 5.10 Å². The molecule has 114 valence electrons. The summed E-state index contributed by atoms with van der Waals surface area (Å²) >= 11 is 0. The maximum Gasteiger partial charge on any atom is 0.141 e. The summed E-state index contributed by atoms with van der Waals surface area (Å²) in [4.78, 5) is 9.10. The molecule has 1 N–H and O–H groups in total. The molecule has 1 fully saturated rings. The lowest BCUT2D eigenvalue weighted by atomic mass is 10.1. The van der Waals surface area contributed by atoms with Crippen LogP contribution in [-0.2, 0) is 13.1 Å². The van der Waals surface area contributed by atoms with Gasteiger partial charge in [0.05, 0.1) is 12.1 Å². The fraction of sp³-hybridized carbons (Fsp3) is 0.857. The number of β-amino-alcohol motifs (C(OH)–C–C–N with tert-alkyl or cyclic N) is 1. The average molecular weight is 281 g/mol. The van der Waals surface area contributed by atoms with Crippen molar-refractivity contribution in [3.8, 4) is 0 Å². The highest BCUT2D eigenvalue weighted by Gasteiger charge is 2.23. The van der Waals surface area contributed by atoms with Crippen molar-refractivity contribution in [2.45, 2.75) is 45.9 Å². The summed E-state index contributed by atoms with van der Waals surface area (Å²) < 4.78 is 2.00. The lowest BCUT2D eigenvalue weighted by molar-refractivity contribution is 0.0161. The van der Waals surface area contributed by atoms with Crippen molar-refractivity contribution < 1.29 is 5.11 Å². The summed E-state index contributed by atoms with van der Waals surface area (Å²) in [6.45, 7) is 12.5. The zero-order valence-electron chi connectivity index (χ0n) is 12.9. The highest BCUT2D eigenvalue weighted by Crippen LogP contribution is 2.10. The Morgan fingerprint density at radius 1 is 1.20 bits per heavy atom. The summed E-state index contributed by atoms with van der Waals surface area (Å²) in [5.41, 5.74) is -0.608. The lowest BCUT2D eigenvalue weighted by Crippen LogP contribution is -2.50. The van der Waals surface area contributed by atoms with Gasteiger partial charge >= 0.3 is 0 Å². The molecule has 1 aliphatic heterocycles. The fourth-order valence-corrected chi connectivity index (χ4v) is 2.66. The first-order valence-corrected chi connectivity index (χ1v) is 7.52. The van der Waals surface area contributed by atoms with Gasteiger partial charge in [0.25, 0.3) is 0 Å². The van der Waals surface area contributed by atoms with E-state index in [2.05, 4.69) is 26.8 Å². The molecular weight excluding hydrogens is 254 g/mol. The molecule has 0 unspecified atom stereocenters. The molecule has 6 heteroatoms. The smallest absolute Gasteiger partial charge is 0.141 e. The van der Waals surface area contributed by atoms with Crippen LogP contribution in [-0.4, -0.2) is 68.0 Å². The van der Waals surface area contributed by atoms with Gasteiger partial charge in [-0.1, -0.05) is 6.92 Å². The number of aliphatic hydroxyl groups is 1. The molecular formula is C14H27N5O. The molecule has 1 saturated heterocycles. The van der Waals surface area contributed by atoms with Crippen LogP contribution in [0, 0.1) is 0 Å². The van der Waals surface area contributed by atoms with E-state index in [-0.39, 0.29) is 0 Å². The average Bonchev–Trinajstić information content (AvgIpc) is 2.78. The van der Waals surface area contributed by atoms with Crippen LogP contribution in [0.15, 0.2) is 6.33 Å². The highest BCUT2D eigenvalue weighted by molar-refractivity contribution is 4.87. The number of rotatable bonds is 6. The maximum absolute atomic E-state index is 9.86. The molecule has 1 aromatic rings. The predicted octanol–water partition coefficient (Wildman–Crippen LogP) is 0.577. The van der Waals surface area contributed by atoms with Gasteiger partial charge in [-0.15, -0.1) is 0 Å². The molecule has 1 aromatic heterocycles. The van der Waals surface area contributed by atoms with E-state index < -0.39 is 5.60 Å². The van der Waals surface area contributed by atoms with Gasteiger partial charge < -0.3 is 5.11 Å². The van der Waals surface area contributed by atoms with Crippen molar-refractivity contribution in [1.29, 1.82) is 0 Å². The quantitative estimate of drug-likeness (QED) is 0.826. The zero-order chi connectivity index (χ0) is 14.6. The zero-order valence-corrected chi connectivity index (χ0v) is 12.9. The van der Waals surface area contributed by atoms with E-state index in [1.807, 2.05) is 18.5 Å². The standard InChI is InChI=1S/C14H27N5O/c1-4-5-19-13(15-12-16-19)10-17-6-8-18(9-7-17)11-14(2,3)20/h12,20H,4-11H2,1-3H3. The Balaban J connectivity index is 1.81. The number of hydrogen-bond acceptors (Lipinski definition) is 5. The first-order valence-electron chi connectivity index (χ1n) is 7.52. The summed E-state index contributed by atoms with van der Waals surface area (Å²) in [6.07, 6.45) is 2.73. The number of aromatic nitrogens is 3. The third kappa shape index (κ3) is 4.54. The number of aryl methyl sites for hydroxylation is 1. The SMILES string of the molecule is CCCn1ncnc1CN1CCN(CC(C)(C)O)CC1. The minimum absolute atomic E-state index is 0.608. The van der Waals surface area contributed by atoms with Gasteiger partial charge in [0.15, 0.2) is 0 Å². The third-order valence-corrected chi connectivity index (χ3v) is 3.57. The lowest BCUT2D eigenvalue weighted by Gasteiger charge is -2.37. The van der Waals surface area contributed by atoms with E-state index in [1.165, 1.54) is 0 Å². The van der Waals surface area contributed by atoms with Gasteiger partial charge in [-0.25, -0.2) is 9.67 Å². The van der Waals surface area contributed by atoms with E-state index in [9.17, 15) is 5.11 Å². The van der Waals surface area contributed by atoms with Gasteiger partial charge in [-0.05, 0) is 20.3 Å². The van der Waals surface area contributed by atoms with Crippen molar-refractivity contribution in [1.82, 2.24) is 24.6 Å². The van der Waals surface area contributed by atoms with Gasteiger partial charge in [0.2, 0.25) is 0 Å². The third-order valence-electron chi connectivity index (χ3n) is 3.57. The van der Waals surface area contributed by atoms with E-state index in [0.29, 0.717) is 0 Å². The molecule has 6 nitrogen and oxygen atoms in total. The monoisotopic (exact) mass is 281 g/mol. The number of hydrogen-bond donors (Lipinski definition) is 1. The second-order valence-corrected chi connectivity index (χ2v) is 6.26. The summed E-state index contributed by atoms with van der Waals surface area (Å²) in [5.74, 6) is 1.06. The second kappa shape index (κ2) is 6.65. The molecule has 0 atom stereocenters. The van der Waals surface area contributed by atoms with E-state index in [0.717, 1.165) is 58.1 Å². The van der Waals surface area contributed by atoms with Crippen LogP contribution in [0.2, 0.25) is 0 Å². The fourth-order valence-electron chi connectivity index (χ4n) is 2.66. The maximum atomic E-state index is 9.86. The van der Waals surface area contributed by atoms with E-state index in [1.54, 1.807) is 6.33 Å². The molecule has 20 heavy (non-hydrogen) atoms. The normalized spacial score (nSPS) is 18.6. The summed E-state index contributed by atoms with van der Waals surface area (Å²) in [7, 11) is 0. The van der Waals surface area contributed by atoms with Crippen molar-refractivity contribution in [2.75, 3.05) is 32.7 Å². The molecule has 1 aliphatic rings. The predicted molar refractivity (Wildman–Crippen MR) is 78.3 cm³/mol. The molecule has 0 spiro atoms. The van der Waals surface area contributed by atoms with Gasteiger partial charge in [0.1, 0.15) is 12.2 Å². The molecule has 0 bridgehead atoms. The van der Waals surface area contributed by atoms with Crippen molar-refractivity contribution in [3.05, 3.63) is 12.2 Å². The Hall–Kier alpha value is -0.980. The van der Waals surface area contributed by atoms with Crippen LogP contribution in [0.3, 0.4) is 0 Å². The molecule has 0 radical (unpaired) electrons. The van der Waals surface area contributed by atoms with Crippen molar-refractivity contribution in [3.63, 3.8) is 0 Å². The van der Waals surface area contributed by atoms with Crippen LogP contribution in [0.5, 0.6) is 0 Å². The molecule has 2 heterocycles. The molecule has 0 aromatic carbocycles. The number of nitrogens with zero attached hydrogens (tertiary/aromatic N) is 5. The Bertz CT molecular complexity index is 404. The first kappa shape index (κ1) is 15.4. The minimum atomic E-state index is -0.608. The molecule has 0 amide bonds. The summed E-state index contributed by atoms with van der Waals surface area (Å²) in [6, 6.07) is 0. The largest absolute Gasteiger partial charge is 0.389 e. The van der Waals surface area contributed by atoms with Crippen LogP contribution < -0.4 is 0 Å². The van der Waals surface area contributed by atoms with E-state index >= 15 is 0 Å². The van der Waals surface area contributed by atoms with Crippen LogP contribution in [0.1, 0.15) is 33.0 Å². The summed E-state index contributed by atoms with van der Waals surface area (Å²) in [5, 5.41) is 14.1. The van der Waals surface area contributed by atoms with Gasteiger partial charge in [0, 0.05) is 39.3 Å². The van der Waals surface area contributed by atoms with Crippen molar-refractivity contribution >= 4 is 0 Å². The van der Waals surface area contributed by atoms with Gasteiger partial charge in [-0.3, -0.25) is 9.80 Å². The molecule has 0 aliphatic carbocycles. The Labute approximate surface area is 121 Å². The van der Waals surface area contributed by atoms with Crippen LogP contribution in [0.25, 0.3) is 0 Å². The Morgan fingerprint density at radius 2 is 1.85 bits per heavy atom. The first-order chi connectivity index (χ1) is 9.48. The second-order valence-electron chi connectivity index (χ2n) is 6.26. The topological polar surface area (TPSA) is 57.4 Å². The van der Waals surface area contributed by atoms with E-state index in [4.69, 9.17) is 0 Å². The minimum Gasteiger partial charge on any atom is -0.389 e. The van der Waals surface area contributed by atoms with Crippen LogP contribution in [0.4, 0.5) is 0 Å². The number of piperazine rings is 1. The Morgan fingerprint density at radius 3 is 2.45 bits per heavy atom. The Kier molecular flexibility index (Phi) is 5.12. The molecule has 2 rings (SSSR count). The van der Waals surface area contributed by atoms with Crippen molar-refractivity contribution in [2.24, 2.45) is 0 Å². The highest BCUT2D eigenvalue weighted by atomic mass is 16.3. The molecule has 0 saturated carbocycles. The van der Waals surface area contributed by atoms with Crippen LogP contribution >= 0.6 is 0 Å².